The van der Waals surface area contributed by atoms with Crippen LogP contribution in [0.5, 0.6) is 0 Å². The summed E-state index contributed by atoms with van der Waals surface area (Å²) in [6, 6.07) is 7.35. The van der Waals surface area contributed by atoms with E-state index in [1.807, 2.05) is 37.4 Å². The van der Waals surface area contributed by atoms with Crippen LogP contribution in [0.3, 0.4) is 0 Å². The van der Waals surface area contributed by atoms with Gasteiger partial charge in [-0.2, -0.15) is 11.8 Å². The predicted molar refractivity (Wildman–Crippen MR) is 78.1 cm³/mol. The Morgan fingerprint density at radius 3 is 2.53 bits per heavy atom. The Balaban J connectivity index is 2.65. The second-order valence-corrected chi connectivity index (χ2v) is 4.93. The maximum Gasteiger partial charge on any atom is 0.328 e. The number of rotatable bonds is 6. The van der Waals surface area contributed by atoms with Crippen molar-refractivity contribution in [1.82, 2.24) is 5.32 Å². The summed E-state index contributed by atoms with van der Waals surface area (Å²) in [6.07, 6.45) is 4.51. The van der Waals surface area contributed by atoms with Crippen molar-refractivity contribution < 1.29 is 14.7 Å². The van der Waals surface area contributed by atoms with Gasteiger partial charge in [0.1, 0.15) is 0 Å². The fourth-order valence-corrected chi connectivity index (χ4v) is 1.91. The first-order valence-electron chi connectivity index (χ1n) is 5.82. The molecule has 1 aromatic rings. The van der Waals surface area contributed by atoms with Crippen molar-refractivity contribution in [2.75, 3.05) is 12.0 Å². The average Bonchev–Trinajstić information content (AvgIpc) is 2.37. The van der Waals surface area contributed by atoms with Gasteiger partial charge >= 0.3 is 5.97 Å². The van der Waals surface area contributed by atoms with Gasteiger partial charge < -0.3 is 10.4 Å². The molecule has 1 unspecified atom stereocenters. The molecule has 2 N–H and O–H groups in total. The van der Waals surface area contributed by atoms with E-state index in [-0.39, 0.29) is 11.9 Å². The predicted octanol–water partition coefficient (Wildman–Crippen LogP) is 2.32. The van der Waals surface area contributed by atoms with Crippen LogP contribution in [0.4, 0.5) is 0 Å². The Morgan fingerprint density at radius 2 is 2.00 bits per heavy atom. The van der Waals surface area contributed by atoms with E-state index in [0.29, 0.717) is 5.75 Å². The minimum absolute atomic E-state index is 0.00912. The van der Waals surface area contributed by atoms with E-state index in [1.165, 1.54) is 17.8 Å². The molecule has 0 aliphatic rings. The molecule has 4 nitrogen and oxygen atoms in total. The van der Waals surface area contributed by atoms with Gasteiger partial charge in [0.25, 0.3) is 0 Å². The Labute approximate surface area is 116 Å². The maximum atomic E-state index is 11.5. The van der Waals surface area contributed by atoms with Gasteiger partial charge in [-0.3, -0.25) is 4.79 Å². The molecule has 0 aliphatic carbocycles. The van der Waals surface area contributed by atoms with E-state index in [1.54, 1.807) is 0 Å². The van der Waals surface area contributed by atoms with E-state index >= 15 is 0 Å². The van der Waals surface area contributed by atoms with Crippen LogP contribution in [-0.4, -0.2) is 29.0 Å². The third-order valence-electron chi connectivity index (χ3n) is 2.51. The molecular weight excluding hydrogens is 262 g/mol. The van der Waals surface area contributed by atoms with Crippen LogP contribution < -0.4 is 5.32 Å². The molecule has 0 spiro atoms. The summed E-state index contributed by atoms with van der Waals surface area (Å²) in [5.41, 5.74) is 1.80. The van der Waals surface area contributed by atoms with E-state index in [9.17, 15) is 9.59 Å². The second-order valence-electron chi connectivity index (χ2n) is 4.06. The lowest BCUT2D eigenvalue weighted by Crippen LogP contribution is -2.28. The zero-order chi connectivity index (χ0) is 14.3. The molecule has 0 saturated heterocycles. The minimum atomic E-state index is -0.971. The molecule has 5 heteroatoms. The summed E-state index contributed by atoms with van der Waals surface area (Å²) in [4.78, 5) is 21.9. The Hall–Kier alpha value is -1.75. The second kappa shape index (κ2) is 7.63. The lowest BCUT2D eigenvalue weighted by Gasteiger charge is -2.14. The number of benzene rings is 1. The third-order valence-corrected chi connectivity index (χ3v) is 3.06. The number of nitrogens with one attached hydrogen (secondary N) is 1. The molecule has 1 aromatic carbocycles. The quantitative estimate of drug-likeness (QED) is 0.784. The first kappa shape index (κ1) is 15.3. The van der Waals surface area contributed by atoms with Crippen LogP contribution in [-0.2, 0) is 9.59 Å². The average molecular weight is 279 g/mol. The Bertz CT molecular complexity index is 468. The van der Waals surface area contributed by atoms with Crippen LogP contribution in [0.1, 0.15) is 24.1 Å². The number of aliphatic carboxylic acids is 1. The standard InChI is InChI=1S/C14H17NO3S/c1-10(15-13(16)9-19-2)12-6-3-11(4-7-12)5-8-14(17)18/h3-8,10H,9H2,1-2H3,(H,15,16)(H,17,18). The number of carbonyl (C=O) groups is 2. The fourth-order valence-electron chi connectivity index (χ4n) is 1.56. The summed E-state index contributed by atoms with van der Waals surface area (Å²) in [5.74, 6) is -0.513. The lowest BCUT2D eigenvalue weighted by atomic mass is 10.1. The molecule has 0 aliphatic heterocycles. The van der Waals surface area contributed by atoms with Crippen molar-refractivity contribution in [2.24, 2.45) is 0 Å². The number of hydrogen-bond acceptors (Lipinski definition) is 3. The number of hydrogen-bond donors (Lipinski definition) is 2. The van der Waals surface area contributed by atoms with Gasteiger partial charge in [-0.05, 0) is 30.4 Å². The van der Waals surface area contributed by atoms with Gasteiger partial charge in [-0.1, -0.05) is 24.3 Å². The highest BCUT2D eigenvalue weighted by Crippen LogP contribution is 2.14. The smallest absolute Gasteiger partial charge is 0.328 e. The zero-order valence-corrected chi connectivity index (χ0v) is 11.7. The largest absolute Gasteiger partial charge is 0.478 e. The highest BCUT2D eigenvalue weighted by Gasteiger charge is 2.08. The normalized spacial score (nSPS) is 12.3. The van der Waals surface area contributed by atoms with E-state index < -0.39 is 5.97 Å². The molecular formula is C14H17NO3S. The molecule has 0 aromatic heterocycles. The summed E-state index contributed by atoms with van der Waals surface area (Å²) in [5, 5.41) is 11.4. The number of carbonyl (C=O) groups excluding carboxylic acids is 1. The first-order chi connectivity index (χ1) is 9.02. The van der Waals surface area contributed by atoms with Gasteiger partial charge in [-0.15, -0.1) is 0 Å². The Kier molecular flexibility index (Phi) is 6.15. The monoisotopic (exact) mass is 279 g/mol. The van der Waals surface area contributed by atoms with E-state index in [2.05, 4.69) is 5.32 Å². The SMILES string of the molecule is CSCC(=O)NC(C)c1ccc(C=CC(=O)O)cc1. The zero-order valence-electron chi connectivity index (χ0n) is 10.9. The van der Waals surface area contributed by atoms with Gasteiger partial charge in [0, 0.05) is 6.08 Å². The van der Waals surface area contributed by atoms with Gasteiger partial charge in [0.15, 0.2) is 0 Å². The first-order valence-corrected chi connectivity index (χ1v) is 7.21. The van der Waals surface area contributed by atoms with Crippen LogP contribution in [0.25, 0.3) is 6.08 Å². The molecule has 0 fully saturated rings. The molecule has 0 heterocycles. The third kappa shape index (κ3) is 5.61. The lowest BCUT2D eigenvalue weighted by molar-refractivity contribution is -0.131. The molecule has 0 saturated carbocycles. The fraction of sp³-hybridized carbons (Fsp3) is 0.286. The van der Waals surface area contributed by atoms with Crippen molar-refractivity contribution in [3.05, 3.63) is 41.5 Å². The van der Waals surface area contributed by atoms with Crippen LogP contribution in [0, 0.1) is 0 Å². The summed E-state index contributed by atoms with van der Waals surface area (Å²) in [7, 11) is 0. The van der Waals surface area contributed by atoms with Crippen molar-refractivity contribution in [3.8, 4) is 0 Å². The number of carboxylic acid groups (broad SMARTS) is 1. The summed E-state index contributed by atoms with van der Waals surface area (Å²) < 4.78 is 0. The van der Waals surface area contributed by atoms with Crippen molar-refractivity contribution >= 4 is 29.7 Å². The Morgan fingerprint density at radius 1 is 1.37 bits per heavy atom. The summed E-state index contributed by atoms with van der Waals surface area (Å²) in [6.45, 7) is 1.92. The van der Waals surface area contributed by atoms with E-state index in [4.69, 9.17) is 5.11 Å². The van der Waals surface area contributed by atoms with Crippen molar-refractivity contribution in [1.29, 1.82) is 0 Å². The summed E-state index contributed by atoms with van der Waals surface area (Å²) >= 11 is 1.48. The van der Waals surface area contributed by atoms with Crippen LogP contribution in [0.15, 0.2) is 30.3 Å². The van der Waals surface area contributed by atoms with Gasteiger partial charge in [0.2, 0.25) is 5.91 Å². The molecule has 102 valence electrons. The molecule has 19 heavy (non-hydrogen) atoms. The van der Waals surface area contributed by atoms with Crippen molar-refractivity contribution in [3.63, 3.8) is 0 Å². The van der Waals surface area contributed by atoms with Gasteiger partial charge in [-0.25, -0.2) is 4.79 Å². The highest BCUT2D eigenvalue weighted by atomic mass is 32.2. The van der Waals surface area contributed by atoms with Crippen LogP contribution in [0.2, 0.25) is 0 Å². The molecule has 0 bridgehead atoms. The van der Waals surface area contributed by atoms with Crippen molar-refractivity contribution in [2.45, 2.75) is 13.0 Å². The topological polar surface area (TPSA) is 66.4 Å². The van der Waals surface area contributed by atoms with Gasteiger partial charge in [0.05, 0.1) is 11.8 Å². The molecule has 1 rings (SSSR count). The van der Waals surface area contributed by atoms with E-state index in [0.717, 1.165) is 17.2 Å². The number of thioether (sulfide) groups is 1. The molecule has 1 atom stereocenters. The van der Waals surface area contributed by atoms with Crippen LogP contribution >= 0.6 is 11.8 Å². The minimum Gasteiger partial charge on any atom is -0.478 e. The molecule has 1 amide bonds. The molecule has 0 radical (unpaired) electrons. The maximum absolute atomic E-state index is 11.5. The highest BCUT2D eigenvalue weighted by molar-refractivity contribution is 7.99. The number of carboxylic acids is 1. The number of amides is 1.